The fourth-order valence-corrected chi connectivity index (χ4v) is 3.43. The number of hydrogen-bond donors (Lipinski definition) is 1. The monoisotopic (exact) mass is 393 g/mol. The minimum atomic E-state index is -4.48. The summed E-state index contributed by atoms with van der Waals surface area (Å²) in [6.07, 6.45) is -2.17. The Labute approximate surface area is 149 Å². The van der Waals surface area contributed by atoms with Crippen molar-refractivity contribution in [2.45, 2.75) is 17.4 Å². The minimum absolute atomic E-state index is 0.0983. The molecular weight excluding hydrogens is 383 g/mol. The number of anilines is 1. The van der Waals surface area contributed by atoms with Crippen LogP contribution in [-0.4, -0.2) is 21.9 Å². The van der Waals surface area contributed by atoms with E-state index < -0.39 is 17.6 Å². The summed E-state index contributed by atoms with van der Waals surface area (Å²) in [4.78, 5) is 11.8. The van der Waals surface area contributed by atoms with Crippen molar-refractivity contribution in [1.82, 2.24) is 10.2 Å². The zero-order valence-electron chi connectivity index (χ0n) is 12.2. The lowest BCUT2D eigenvalue weighted by molar-refractivity contribution is -0.137. The van der Waals surface area contributed by atoms with Crippen molar-refractivity contribution in [3.63, 3.8) is 0 Å². The summed E-state index contributed by atoms with van der Waals surface area (Å²) < 4.78 is 38.8. The third kappa shape index (κ3) is 5.22. The van der Waals surface area contributed by atoms with Gasteiger partial charge in [0, 0.05) is 11.1 Å². The molecule has 4 nitrogen and oxygen atoms in total. The summed E-state index contributed by atoms with van der Waals surface area (Å²) >= 11 is 8.56. The maximum Gasteiger partial charge on any atom is 0.416 e. The quantitative estimate of drug-likeness (QED) is 0.442. The second kappa shape index (κ2) is 8.00. The summed E-state index contributed by atoms with van der Waals surface area (Å²) in [5.41, 5.74) is -0.738. The molecule has 0 atom stereocenters. The molecule has 0 saturated carbocycles. The van der Waals surface area contributed by atoms with Gasteiger partial charge in [-0.25, -0.2) is 0 Å². The van der Waals surface area contributed by atoms with Gasteiger partial charge in [0.1, 0.15) is 0 Å². The van der Waals surface area contributed by atoms with Crippen molar-refractivity contribution < 1.29 is 18.0 Å². The largest absolute Gasteiger partial charge is 0.416 e. The second-order valence-corrected chi connectivity index (χ2v) is 7.26. The Morgan fingerprint density at radius 3 is 2.83 bits per heavy atom. The third-order valence-electron chi connectivity index (χ3n) is 2.64. The van der Waals surface area contributed by atoms with E-state index in [1.54, 1.807) is 0 Å². The second-order valence-electron chi connectivity index (χ2n) is 4.36. The number of carbonyl (C=O) groups excluding carboxylic acids is 1. The Morgan fingerprint density at radius 2 is 2.17 bits per heavy atom. The van der Waals surface area contributed by atoms with Crippen LogP contribution in [0.25, 0.3) is 6.08 Å². The third-order valence-corrected chi connectivity index (χ3v) is 4.84. The van der Waals surface area contributed by atoms with Crippen molar-refractivity contribution in [2.75, 3.05) is 11.1 Å². The number of halogens is 4. The van der Waals surface area contributed by atoms with Crippen molar-refractivity contribution >= 4 is 51.8 Å². The molecule has 1 amide bonds. The fourth-order valence-electron chi connectivity index (χ4n) is 1.60. The van der Waals surface area contributed by atoms with Gasteiger partial charge in [-0.05, 0) is 35.6 Å². The van der Waals surface area contributed by atoms with Crippen LogP contribution in [0.4, 0.5) is 18.3 Å². The van der Waals surface area contributed by atoms with Gasteiger partial charge in [0.15, 0.2) is 4.34 Å². The van der Waals surface area contributed by atoms with Crippen molar-refractivity contribution in [2.24, 2.45) is 0 Å². The lowest BCUT2D eigenvalue weighted by Gasteiger charge is -2.08. The maximum absolute atomic E-state index is 12.7. The summed E-state index contributed by atoms with van der Waals surface area (Å²) in [5.74, 6) is 0.295. The predicted molar refractivity (Wildman–Crippen MR) is 90.4 cm³/mol. The molecule has 1 heterocycles. The summed E-state index contributed by atoms with van der Waals surface area (Å²) in [7, 11) is 0. The number of thioether (sulfide) groups is 1. The van der Waals surface area contributed by atoms with Gasteiger partial charge in [0.05, 0.1) is 5.56 Å². The van der Waals surface area contributed by atoms with Crippen LogP contribution >= 0.6 is 34.7 Å². The van der Waals surface area contributed by atoms with Gasteiger partial charge in [-0.2, -0.15) is 13.2 Å². The molecule has 0 spiro atoms. The topological polar surface area (TPSA) is 54.9 Å². The number of carbonyl (C=O) groups is 1. The highest BCUT2D eigenvalue weighted by atomic mass is 35.5. The molecule has 0 radical (unpaired) electrons. The average molecular weight is 394 g/mol. The number of nitrogens with zero attached hydrogens (tertiary/aromatic N) is 2. The van der Waals surface area contributed by atoms with E-state index in [0.29, 0.717) is 5.13 Å². The number of rotatable bonds is 5. The van der Waals surface area contributed by atoms with Gasteiger partial charge < -0.3 is 0 Å². The lowest BCUT2D eigenvalue weighted by Crippen LogP contribution is -2.07. The highest BCUT2D eigenvalue weighted by Gasteiger charge is 2.30. The summed E-state index contributed by atoms with van der Waals surface area (Å²) in [6, 6.07) is 2.90. The van der Waals surface area contributed by atoms with E-state index in [9.17, 15) is 18.0 Å². The van der Waals surface area contributed by atoms with E-state index in [-0.39, 0.29) is 10.6 Å². The number of benzene rings is 1. The Kier molecular flexibility index (Phi) is 6.25. The Bertz CT molecular complexity index is 762. The maximum atomic E-state index is 12.7. The summed E-state index contributed by atoms with van der Waals surface area (Å²) in [6.45, 7) is 1.96. The Balaban J connectivity index is 2.08. The molecule has 0 bridgehead atoms. The van der Waals surface area contributed by atoms with Crippen LogP contribution in [0.3, 0.4) is 0 Å². The van der Waals surface area contributed by atoms with E-state index in [4.69, 9.17) is 11.6 Å². The van der Waals surface area contributed by atoms with Crippen LogP contribution < -0.4 is 5.32 Å². The first-order valence-corrected chi connectivity index (χ1v) is 8.79. The van der Waals surface area contributed by atoms with Crippen molar-refractivity contribution in [3.8, 4) is 0 Å². The molecular formula is C14H11ClF3N3OS2. The number of hydrogen-bond acceptors (Lipinski definition) is 5. The van der Waals surface area contributed by atoms with Gasteiger partial charge in [0.2, 0.25) is 11.0 Å². The molecule has 0 aliphatic carbocycles. The lowest BCUT2D eigenvalue weighted by atomic mass is 10.1. The highest BCUT2D eigenvalue weighted by molar-refractivity contribution is 8.01. The minimum Gasteiger partial charge on any atom is -0.297 e. The molecule has 0 aliphatic rings. The predicted octanol–water partition coefficient (Wildman–Crippen LogP) is 4.97. The van der Waals surface area contributed by atoms with Crippen LogP contribution in [0.2, 0.25) is 5.02 Å². The Morgan fingerprint density at radius 1 is 1.42 bits per heavy atom. The first kappa shape index (κ1) is 18.8. The Hall–Kier alpha value is -1.58. The molecule has 0 unspecified atom stereocenters. The first-order valence-electron chi connectivity index (χ1n) is 6.61. The van der Waals surface area contributed by atoms with Gasteiger partial charge in [-0.1, -0.05) is 41.6 Å². The molecule has 0 saturated heterocycles. The average Bonchev–Trinajstić information content (AvgIpc) is 2.92. The zero-order chi connectivity index (χ0) is 17.7. The van der Waals surface area contributed by atoms with Gasteiger partial charge >= 0.3 is 6.18 Å². The number of amides is 1. The number of nitrogens with one attached hydrogen (secondary N) is 1. The zero-order valence-corrected chi connectivity index (χ0v) is 14.6. The molecule has 0 aliphatic heterocycles. The standard InChI is InChI=1S/C14H11ClF3N3OS2/c1-2-23-13-21-20-12(24-13)19-11(22)6-3-8-7-9(14(16,17)18)4-5-10(8)15/h3-7H,2H2,1H3,(H,19,20,22)/b6-3+. The van der Waals surface area contributed by atoms with Gasteiger partial charge in [0.25, 0.3) is 0 Å². The van der Waals surface area contributed by atoms with Crippen LogP contribution in [0, 0.1) is 0 Å². The highest BCUT2D eigenvalue weighted by Crippen LogP contribution is 2.32. The molecule has 128 valence electrons. The fraction of sp³-hybridized carbons (Fsp3) is 0.214. The normalized spacial score (nSPS) is 11.9. The molecule has 10 heteroatoms. The van der Waals surface area contributed by atoms with Crippen LogP contribution in [0.1, 0.15) is 18.1 Å². The molecule has 2 aromatic rings. The van der Waals surface area contributed by atoms with Crippen LogP contribution in [-0.2, 0) is 11.0 Å². The van der Waals surface area contributed by atoms with E-state index in [2.05, 4.69) is 15.5 Å². The molecule has 24 heavy (non-hydrogen) atoms. The smallest absolute Gasteiger partial charge is 0.297 e. The van der Waals surface area contributed by atoms with Crippen LogP contribution in [0.5, 0.6) is 0 Å². The molecule has 1 aromatic heterocycles. The van der Waals surface area contributed by atoms with E-state index in [0.717, 1.165) is 34.4 Å². The molecule has 0 fully saturated rings. The van der Waals surface area contributed by atoms with Crippen molar-refractivity contribution in [3.05, 3.63) is 40.4 Å². The number of alkyl halides is 3. The number of aromatic nitrogens is 2. The van der Waals surface area contributed by atoms with E-state index in [1.165, 1.54) is 29.2 Å². The molecule has 2 rings (SSSR count). The molecule has 1 aromatic carbocycles. The van der Waals surface area contributed by atoms with Gasteiger partial charge in [-0.3, -0.25) is 10.1 Å². The summed E-state index contributed by atoms with van der Waals surface area (Å²) in [5, 5.41) is 10.6. The van der Waals surface area contributed by atoms with E-state index >= 15 is 0 Å². The van der Waals surface area contributed by atoms with Crippen LogP contribution in [0.15, 0.2) is 28.6 Å². The van der Waals surface area contributed by atoms with E-state index in [1.807, 2.05) is 6.92 Å². The van der Waals surface area contributed by atoms with Gasteiger partial charge in [-0.15, -0.1) is 10.2 Å². The first-order chi connectivity index (χ1) is 11.3. The molecule has 1 N–H and O–H groups in total. The SMILES string of the molecule is CCSc1nnc(NC(=O)/C=C/c2cc(C(F)(F)F)ccc2Cl)s1. The van der Waals surface area contributed by atoms with Crippen molar-refractivity contribution in [1.29, 1.82) is 0 Å².